The molecule has 0 aliphatic carbocycles. The van der Waals surface area contributed by atoms with Crippen LogP contribution in [0.4, 0.5) is 4.39 Å². The zero-order valence-electron chi connectivity index (χ0n) is 15.8. The van der Waals surface area contributed by atoms with Crippen LogP contribution in [0.1, 0.15) is 15.9 Å². The Balaban J connectivity index is 1.92. The van der Waals surface area contributed by atoms with Crippen LogP contribution >= 0.6 is 0 Å². The van der Waals surface area contributed by atoms with Crippen molar-refractivity contribution in [2.24, 2.45) is 0 Å². The molecular formula is C20H21FN2O5S. The van der Waals surface area contributed by atoms with Crippen LogP contribution in [0, 0.1) is 5.82 Å². The van der Waals surface area contributed by atoms with E-state index in [1.807, 2.05) is 0 Å². The predicted octanol–water partition coefficient (Wildman–Crippen LogP) is 2.11. The second-order valence-electron chi connectivity index (χ2n) is 6.08. The normalized spacial score (nSPS) is 11.0. The Morgan fingerprint density at radius 2 is 1.83 bits per heavy atom. The summed E-state index contributed by atoms with van der Waals surface area (Å²) in [5.41, 5.74) is 0.439. The number of halogens is 1. The van der Waals surface area contributed by atoms with Gasteiger partial charge in [-0.05, 0) is 30.3 Å². The van der Waals surface area contributed by atoms with Crippen LogP contribution < -0.4 is 4.72 Å². The number of hydrogen-bond acceptors (Lipinski definition) is 5. The number of carbonyl (C=O) groups excluding carboxylic acids is 2. The van der Waals surface area contributed by atoms with Gasteiger partial charge >= 0.3 is 5.97 Å². The largest absolute Gasteiger partial charge is 0.452 e. The van der Waals surface area contributed by atoms with Gasteiger partial charge in [0.25, 0.3) is 5.91 Å². The number of hydrogen-bond donors (Lipinski definition) is 1. The van der Waals surface area contributed by atoms with Crippen LogP contribution in [-0.4, -0.2) is 45.4 Å². The van der Waals surface area contributed by atoms with Crippen LogP contribution in [0.3, 0.4) is 0 Å². The Morgan fingerprint density at radius 3 is 2.45 bits per heavy atom. The SMILES string of the molecule is C=CCNS(=O)(=O)c1ccc(C(=O)OCC(=O)N(C)Cc2ccccc2F)cc1. The highest BCUT2D eigenvalue weighted by atomic mass is 32.2. The highest BCUT2D eigenvalue weighted by Crippen LogP contribution is 2.12. The fraction of sp³-hybridized carbons (Fsp3) is 0.200. The molecule has 0 heterocycles. The number of ether oxygens (including phenoxy) is 1. The van der Waals surface area contributed by atoms with Gasteiger partial charge in [0.2, 0.25) is 10.0 Å². The highest BCUT2D eigenvalue weighted by molar-refractivity contribution is 7.89. The zero-order valence-corrected chi connectivity index (χ0v) is 16.6. The first-order chi connectivity index (χ1) is 13.7. The topological polar surface area (TPSA) is 92.8 Å². The van der Waals surface area contributed by atoms with Gasteiger partial charge < -0.3 is 9.64 Å². The Bertz CT molecular complexity index is 990. The quantitative estimate of drug-likeness (QED) is 0.495. The molecule has 2 aromatic rings. The molecule has 1 amide bonds. The number of carbonyl (C=O) groups is 2. The molecule has 0 spiro atoms. The number of likely N-dealkylation sites (N-methyl/N-ethyl adjacent to an activating group) is 1. The highest BCUT2D eigenvalue weighted by Gasteiger charge is 2.17. The molecule has 0 saturated carbocycles. The summed E-state index contributed by atoms with van der Waals surface area (Å²) in [7, 11) is -2.23. The number of nitrogens with one attached hydrogen (secondary N) is 1. The average Bonchev–Trinajstić information content (AvgIpc) is 2.72. The standard InChI is InChI=1S/C20H21FN2O5S/c1-3-12-22-29(26,27)17-10-8-15(9-11-17)20(25)28-14-19(24)23(2)13-16-6-4-5-7-18(16)21/h3-11,22H,1,12-14H2,2H3. The van der Waals surface area contributed by atoms with Crippen LogP contribution in [0.2, 0.25) is 0 Å². The van der Waals surface area contributed by atoms with Gasteiger partial charge in [-0.25, -0.2) is 22.3 Å². The fourth-order valence-electron chi connectivity index (χ4n) is 2.31. The zero-order chi connectivity index (χ0) is 21.4. The maximum absolute atomic E-state index is 13.7. The summed E-state index contributed by atoms with van der Waals surface area (Å²) in [6.07, 6.45) is 1.41. The number of benzene rings is 2. The van der Waals surface area contributed by atoms with Gasteiger partial charge in [-0.1, -0.05) is 24.3 Å². The first-order valence-corrected chi connectivity index (χ1v) is 10.1. The molecule has 29 heavy (non-hydrogen) atoms. The van der Waals surface area contributed by atoms with Gasteiger partial charge in [-0.2, -0.15) is 0 Å². The van der Waals surface area contributed by atoms with E-state index in [9.17, 15) is 22.4 Å². The molecule has 9 heteroatoms. The van der Waals surface area contributed by atoms with E-state index < -0.39 is 34.3 Å². The van der Waals surface area contributed by atoms with Crippen molar-refractivity contribution >= 4 is 21.9 Å². The van der Waals surface area contributed by atoms with E-state index >= 15 is 0 Å². The monoisotopic (exact) mass is 420 g/mol. The third-order valence-electron chi connectivity index (χ3n) is 3.94. The lowest BCUT2D eigenvalue weighted by atomic mass is 10.2. The average molecular weight is 420 g/mol. The third-order valence-corrected chi connectivity index (χ3v) is 5.38. The van der Waals surface area contributed by atoms with Gasteiger partial charge in [-0.3, -0.25) is 4.79 Å². The lowest BCUT2D eigenvalue weighted by molar-refractivity contribution is -0.133. The fourth-order valence-corrected chi connectivity index (χ4v) is 3.31. The second-order valence-corrected chi connectivity index (χ2v) is 7.85. The van der Waals surface area contributed by atoms with Crippen molar-refractivity contribution in [1.82, 2.24) is 9.62 Å². The molecule has 0 radical (unpaired) electrons. The van der Waals surface area contributed by atoms with Crippen molar-refractivity contribution in [2.45, 2.75) is 11.4 Å². The predicted molar refractivity (Wildman–Crippen MR) is 105 cm³/mol. The Labute approximate surface area is 168 Å². The van der Waals surface area contributed by atoms with E-state index in [0.29, 0.717) is 5.56 Å². The second kappa shape index (κ2) is 9.94. The number of esters is 1. The van der Waals surface area contributed by atoms with E-state index in [-0.39, 0.29) is 23.5 Å². The summed E-state index contributed by atoms with van der Waals surface area (Å²) in [5, 5.41) is 0. The van der Waals surface area contributed by atoms with Gasteiger partial charge in [0, 0.05) is 25.7 Å². The van der Waals surface area contributed by atoms with Gasteiger partial charge in [0.1, 0.15) is 5.82 Å². The van der Waals surface area contributed by atoms with Crippen LogP contribution in [-0.2, 0) is 26.1 Å². The van der Waals surface area contributed by atoms with Gasteiger partial charge in [-0.15, -0.1) is 6.58 Å². The molecule has 0 saturated heterocycles. The van der Waals surface area contributed by atoms with Crippen molar-refractivity contribution in [1.29, 1.82) is 0 Å². The molecule has 0 fully saturated rings. The summed E-state index contributed by atoms with van der Waals surface area (Å²) < 4.78 is 44.9. The van der Waals surface area contributed by atoms with Crippen molar-refractivity contribution in [3.05, 3.63) is 78.1 Å². The molecule has 2 rings (SSSR count). The minimum atomic E-state index is -3.70. The van der Waals surface area contributed by atoms with Crippen molar-refractivity contribution in [3.8, 4) is 0 Å². The number of sulfonamides is 1. The van der Waals surface area contributed by atoms with Crippen molar-refractivity contribution in [2.75, 3.05) is 20.2 Å². The smallest absolute Gasteiger partial charge is 0.338 e. The van der Waals surface area contributed by atoms with Crippen LogP contribution in [0.25, 0.3) is 0 Å². The number of amides is 1. The molecule has 0 aliphatic rings. The van der Waals surface area contributed by atoms with Crippen molar-refractivity contribution < 1.29 is 27.1 Å². The molecule has 7 nitrogen and oxygen atoms in total. The minimum absolute atomic E-state index is 0.0170. The molecule has 1 N–H and O–H groups in total. The lowest BCUT2D eigenvalue weighted by Crippen LogP contribution is -2.31. The summed E-state index contributed by atoms with van der Waals surface area (Å²) in [6, 6.07) is 11.2. The molecule has 0 bridgehead atoms. The number of rotatable bonds is 9. The molecule has 0 aromatic heterocycles. The summed E-state index contributed by atoms with van der Waals surface area (Å²) in [6.45, 7) is 3.02. The Kier molecular flexibility index (Phi) is 7.63. The minimum Gasteiger partial charge on any atom is -0.452 e. The first-order valence-electron chi connectivity index (χ1n) is 8.59. The summed E-state index contributed by atoms with van der Waals surface area (Å²) in [4.78, 5) is 25.4. The first kappa shape index (κ1) is 22.3. The van der Waals surface area contributed by atoms with E-state index in [4.69, 9.17) is 4.74 Å². The van der Waals surface area contributed by atoms with Crippen LogP contribution in [0.15, 0.2) is 66.1 Å². The molecule has 2 aromatic carbocycles. The van der Waals surface area contributed by atoms with Crippen LogP contribution in [0.5, 0.6) is 0 Å². The Morgan fingerprint density at radius 1 is 1.17 bits per heavy atom. The Hall–Kier alpha value is -3.04. The van der Waals surface area contributed by atoms with Crippen molar-refractivity contribution in [3.63, 3.8) is 0 Å². The molecule has 154 valence electrons. The molecular weight excluding hydrogens is 399 g/mol. The summed E-state index contributed by atoms with van der Waals surface area (Å²) in [5.74, 6) is -1.71. The maximum atomic E-state index is 13.7. The van der Waals surface area contributed by atoms with E-state index in [0.717, 1.165) is 0 Å². The van der Waals surface area contributed by atoms with E-state index in [2.05, 4.69) is 11.3 Å². The third kappa shape index (κ3) is 6.23. The van der Waals surface area contributed by atoms with Gasteiger partial charge in [0.05, 0.1) is 10.5 Å². The number of nitrogens with zero attached hydrogens (tertiary/aromatic N) is 1. The molecule has 0 atom stereocenters. The summed E-state index contributed by atoms with van der Waals surface area (Å²) >= 11 is 0. The lowest BCUT2D eigenvalue weighted by Gasteiger charge is -2.17. The maximum Gasteiger partial charge on any atom is 0.338 e. The van der Waals surface area contributed by atoms with E-state index in [1.165, 1.54) is 48.4 Å². The van der Waals surface area contributed by atoms with Gasteiger partial charge in [0.15, 0.2) is 6.61 Å². The molecule has 0 aliphatic heterocycles. The molecule has 0 unspecified atom stereocenters. The van der Waals surface area contributed by atoms with E-state index in [1.54, 1.807) is 18.2 Å².